The van der Waals surface area contributed by atoms with Crippen molar-refractivity contribution in [1.82, 2.24) is 4.90 Å². The molecular weight excluding hydrogens is 178 g/mol. The summed E-state index contributed by atoms with van der Waals surface area (Å²) in [5.74, 6) is 0. The predicted molar refractivity (Wildman–Crippen MR) is 55.4 cm³/mol. The monoisotopic (exact) mass is 197 g/mol. The number of methoxy groups -OCH3 is 2. The van der Waals surface area contributed by atoms with Crippen LogP contribution in [-0.4, -0.2) is 50.5 Å². The summed E-state index contributed by atoms with van der Waals surface area (Å²) in [4.78, 5) is 2.47. The maximum atomic E-state index is 5.43. The zero-order valence-electron chi connectivity index (χ0n) is 9.08. The van der Waals surface area contributed by atoms with Gasteiger partial charge in [0.1, 0.15) is 0 Å². The lowest BCUT2D eigenvalue weighted by Gasteiger charge is -2.30. The van der Waals surface area contributed by atoms with E-state index in [2.05, 4.69) is 11.5 Å². The Labute approximate surface area is 85.7 Å². The minimum Gasteiger partial charge on any atom is -0.383 e. The molecule has 2 unspecified atom stereocenters. The fourth-order valence-electron chi connectivity index (χ4n) is 2.89. The summed E-state index contributed by atoms with van der Waals surface area (Å²) in [6.45, 7) is 6.92. The van der Waals surface area contributed by atoms with Gasteiger partial charge in [0.25, 0.3) is 0 Å². The van der Waals surface area contributed by atoms with Gasteiger partial charge in [-0.2, -0.15) is 0 Å². The van der Waals surface area contributed by atoms with Crippen molar-refractivity contribution in [2.75, 3.05) is 33.9 Å². The topological polar surface area (TPSA) is 21.7 Å². The van der Waals surface area contributed by atoms with Crippen LogP contribution in [-0.2, 0) is 9.47 Å². The second-order valence-corrected chi connectivity index (χ2v) is 4.53. The van der Waals surface area contributed by atoms with E-state index in [0.29, 0.717) is 6.10 Å². The molecule has 0 aliphatic carbocycles. The molecule has 0 bridgehead atoms. The fourth-order valence-corrected chi connectivity index (χ4v) is 2.89. The number of fused-ring (bicyclic) bond motifs is 1. The number of rotatable bonds is 3. The maximum Gasteiger partial charge on any atom is 0.0717 e. The van der Waals surface area contributed by atoms with Gasteiger partial charge < -0.3 is 9.47 Å². The molecule has 0 aromatic heterocycles. The van der Waals surface area contributed by atoms with E-state index in [0.717, 1.165) is 32.5 Å². The first-order valence-corrected chi connectivity index (χ1v) is 5.13. The van der Waals surface area contributed by atoms with Crippen molar-refractivity contribution in [3.05, 3.63) is 12.2 Å². The van der Waals surface area contributed by atoms with E-state index in [-0.39, 0.29) is 5.54 Å². The van der Waals surface area contributed by atoms with Crippen LogP contribution in [0.15, 0.2) is 12.2 Å². The van der Waals surface area contributed by atoms with Gasteiger partial charge in [0, 0.05) is 27.3 Å². The summed E-state index contributed by atoms with van der Waals surface area (Å²) in [5, 5.41) is 0. The van der Waals surface area contributed by atoms with Crippen LogP contribution in [0.3, 0.4) is 0 Å². The summed E-state index contributed by atoms with van der Waals surface area (Å²) in [7, 11) is 3.57. The van der Waals surface area contributed by atoms with Crippen molar-refractivity contribution in [3.63, 3.8) is 0 Å². The molecule has 14 heavy (non-hydrogen) atoms. The number of nitrogens with zero attached hydrogens (tertiary/aromatic N) is 1. The van der Waals surface area contributed by atoms with Gasteiger partial charge in [-0.05, 0) is 12.8 Å². The normalized spacial score (nSPS) is 37.9. The smallest absolute Gasteiger partial charge is 0.0717 e. The molecule has 0 amide bonds. The van der Waals surface area contributed by atoms with Crippen LogP contribution >= 0.6 is 0 Å². The molecule has 3 nitrogen and oxygen atoms in total. The molecule has 0 N–H and O–H groups in total. The van der Waals surface area contributed by atoms with Crippen LogP contribution < -0.4 is 0 Å². The average Bonchev–Trinajstić information content (AvgIpc) is 2.57. The molecule has 0 saturated carbocycles. The highest BCUT2D eigenvalue weighted by Gasteiger charge is 2.49. The summed E-state index contributed by atoms with van der Waals surface area (Å²) in [6, 6.07) is 0. The molecule has 2 saturated heterocycles. The molecule has 0 radical (unpaired) electrons. The molecule has 3 heteroatoms. The van der Waals surface area contributed by atoms with E-state index in [9.17, 15) is 0 Å². The van der Waals surface area contributed by atoms with Gasteiger partial charge in [0.15, 0.2) is 0 Å². The lowest BCUT2D eigenvalue weighted by molar-refractivity contribution is 0.0635. The number of ether oxygens (including phenoxy) is 2. The molecule has 0 spiro atoms. The van der Waals surface area contributed by atoms with Gasteiger partial charge in [0.2, 0.25) is 0 Å². The SMILES string of the molecule is C=C1CN2CC(OC)CC2(COC)C1. The average molecular weight is 197 g/mol. The first kappa shape index (κ1) is 10.1. The molecule has 0 aromatic carbocycles. The van der Waals surface area contributed by atoms with Gasteiger partial charge in [0.05, 0.1) is 18.2 Å². The van der Waals surface area contributed by atoms with Gasteiger partial charge in [-0.1, -0.05) is 12.2 Å². The van der Waals surface area contributed by atoms with Crippen molar-refractivity contribution in [2.45, 2.75) is 24.5 Å². The van der Waals surface area contributed by atoms with Crippen molar-refractivity contribution in [1.29, 1.82) is 0 Å². The molecule has 0 aromatic rings. The zero-order chi connectivity index (χ0) is 10.2. The van der Waals surface area contributed by atoms with Gasteiger partial charge in [-0.15, -0.1) is 0 Å². The van der Waals surface area contributed by atoms with E-state index in [1.54, 1.807) is 14.2 Å². The van der Waals surface area contributed by atoms with Gasteiger partial charge in [-0.25, -0.2) is 0 Å². The first-order valence-electron chi connectivity index (χ1n) is 5.13. The molecule has 2 atom stereocenters. The molecule has 2 rings (SSSR count). The zero-order valence-corrected chi connectivity index (χ0v) is 9.08. The Morgan fingerprint density at radius 2 is 2.36 bits per heavy atom. The fraction of sp³-hybridized carbons (Fsp3) is 0.818. The van der Waals surface area contributed by atoms with E-state index < -0.39 is 0 Å². The molecule has 80 valence electrons. The van der Waals surface area contributed by atoms with Crippen LogP contribution in [0, 0.1) is 0 Å². The Bertz CT molecular complexity index is 241. The summed E-state index contributed by atoms with van der Waals surface area (Å²) >= 11 is 0. The molecule has 2 aliphatic heterocycles. The van der Waals surface area contributed by atoms with E-state index in [1.807, 2.05) is 0 Å². The highest BCUT2D eigenvalue weighted by Crippen LogP contribution is 2.41. The van der Waals surface area contributed by atoms with Crippen LogP contribution in [0.5, 0.6) is 0 Å². The van der Waals surface area contributed by atoms with Crippen LogP contribution in [0.2, 0.25) is 0 Å². The van der Waals surface area contributed by atoms with Gasteiger partial charge >= 0.3 is 0 Å². The minimum absolute atomic E-state index is 0.187. The second-order valence-electron chi connectivity index (χ2n) is 4.53. The standard InChI is InChI=1S/C11H19NO2/c1-9-4-11(8-13-2)5-10(14-3)7-12(11)6-9/h10H,1,4-8H2,2-3H3. The van der Waals surface area contributed by atoms with E-state index in [4.69, 9.17) is 9.47 Å². The third kappa shape index (κ3) is 1.49. The third-order valence-corrected chi connectivity index (χ3v) is 3.44. The van der Waals surface area contributed by atoms with E-state index >= 15 is 0 Å². The quantitative estimate of drug-likeness (QED) is 0.631. The van der Waals surface area contributed by atoms with Gasteiger partial charge in [-0.3, -0.25) is 4.90 Å². The van der Waals surface area contributed by atoms with E-state index in [1.165, 1.54) is 5.57 Å². The molecule has 2 heterocycles. The van der Waals surface area contributed by atoms with Crippen molar-refractivity contribution in [3.8, 4) is 0 Å². The minimum atomic E-state index is 0.187. The Balaban J connectivity index is 2.12. The van der Waals surface area contributed by atoms with Crippen LogP contribution in [0.4, 0.5) is 0 Å². The Hall–Kier alpha value is -0.380. The van der Waals surface area contributed by atoms with Crippen molar-refractivity contribution >= 4 is 0 Å². The van der Waals surface area contributed by atoms with Crippen LogP contribution in [0.1, 0.15) is 12.8 Å². The van der Waals surface area contributed by atoms with Crippen molar-refractivity contribution in [2.24, 2.45) is 0 Å². The lowest BCUT2D eigenvalue weighted by Crippen LogP contribution is -2.42. The first-order chi connectivity index (χ1) is 6.70. The molecule has 2 fully saturated rings. The molecule has 2 aliphatic rings. The largest absolute Gasteiger partial charge is 0.383 e. The number of hydrogen-bond acceptors (Lipinski definition) is 3. The third-order valence-electron chi connectivity index (χ3n) is 3.44. The Morgan fingerprint density at radius 1 is 1.57 bits per heavy atom. The Morgan fingerprint density at radius 3 is 3.00 bits per heavy atom. The second kappa shape index (κ2) is 3.65. The number of hydrogen-bond donors (Lipinski definition) is 0. The highest BCUT2D eigenvalue weighted by atomic mass is 16.5. The summed E-state index contributed by atoms with van der Waals surface area (Å²) in [5.41, 5.74) is 1.52. The van der Waals surface area contributed by atoms with Crippen LogP contribution in [0.25, 0.3) is 0 Å². The Kier molecular flexibility index (Phi) is 2.64. The molecular formula is C11H19NO2. The maximum absolute atomic E-state index is 5.43. The predicted octanol–water partition coefficient (Wildman–Crippen LogP) is 1.05. The summed E-state index contributed by atoms with van der Waals surface area (Å²) in [6.07, 6.45) is 2.52. The summed E-state index contributed by atoms with van der Waals surface area (Å²) < 4.78 is 10.8. The highest BCUT2D eigenvalue weighted by molar-refractivity contribution is 5.19. The van der Waals surface area contributed by atoms with Crippen molar-refractivity contribution < 1.29 is 9.47 Å². The lowest BCUT2D eigenvalue weighted by atomic mass is 9.93.